The van der Waals surface area contributed by atoms with E-state index in [2.05, 4.69) is 31.2 Å². The maximum absolute atomic E-state index is 5.27. The lowest BCUT2D eigenvalue weighted by Gasteiger charge is -1.99. The van der Waals surface area contributed by atoms with Crippen LogP contribution in [0, 0.1) is 0 Å². The van der Waals surface area contributed by atoms with Gasteiger partial charge >= 0.3 is 0 Å². The summed E-state index contributed by atoms with van der Waals surface area (Å²) in [6.07, 6.45) is 29.7. The molecule has 136 valence electrons. The predicted molar refractivity (Wildman–Crippen MR) is 107 cm³/mol. The summed E-state index contributed by atoms with van der Waals surface area (Å²) in [5.74, 6) is 0.961. The fraction of sp³-hybridized carbons (Fsp3) is 0.652. The highest BCUT2D eigenvalue weighted by atomic mass is 16.3. The van der Waals surface area contributed by atoms with Gasteiger partial charge in [-0.05, 0) is 56.7 Å². The molecule has 0 atom stereocenters. The van der Waals surface area contributed by atoms with Crippen molar-refractivity contribution in [2.75, 3.05) is 0 Å². The number of furan rings is 1. The van der Waals surface area contributed by atoms with Crippen LogP contribution < -0.4 is 0 Å². The molecule has 0 N–H and O–H groups in total. The van der Waals surface area contributed by atoms with E-state index in [0.29, 0.717) is 0 Å². The minimum atomic E-state index is 0.961. The second-order valence-corrected chi connectivity index (χ2v) is 6.79. The molecule has 0 aliphatic carbocycles. The first-order chi connectivity index (χ1) is 11.9. The fourth-order valence-corrected chi connectivity index (χ4v) is 2.92. The Morgan fingerprint density at radius 2 is 1.25 bits per heavy atom. The Labute approximate surface area is 150 Å². The highest BCUT2D eigenvalue weighted by Gasteiger charge is 1.91. The van der Waals surface area contributed by atoms with Crippen molar-refractivity contribution in [3.05, 3.63) is 42.4 Å². The lowest BCUT2D eigenvalue weighted by Crippen LogP contribution is -1.79. The van der Waals surface area contributed by atoms with Crippen molar-refractivity contribution in [2.45, 2.75) is 96.8 Å². The van der Waals surface area contributed by atoms with Crippen LogP contribution in [-0.4, -0.2) is 0 Å². The number of rotatable bonds is 16. The standard InChI is InChI=1S/C23H38O/c1-2-3-4-5-6-7-8-9-10-11-12-13-14-15-16-17-18-20-23-21-19-22-24-23/h9-10,18-22H,2-8,11-17H2,1H3. The summed E-state index contributed by atoms with van der Waals surface area (Å²) in [6.45, 7) is 2.28. The summed E-state index contributed by atoms with van der Waals surface area (Å²) in [6, 6.07) is 3.93. The summed E-state index contributed by atoms with van der Waals surface area (Å²) < 4.78 is 5.27. The van der Waals surface area contributed by atoms with Gasteiger partial charge in [0.1, 0.15) is 5.76 Å². The molecule has 0 fully saturated rings. The van der Waals surface area contributed by atoms with Gasteiger partial charge in [-0.3, -0.25) is 0 Å². The van der Waals surface area contributed by atoms with Crippen LogP contribution in [0.2, 0.25) is 0 Å². The molecule has 24 heavy (non-hydrogen) atoms. The van der Waals surface area contributed by atoms with Crippen molar-refractivity contribution in [3.63, 3.8) is 0 Å². The zero-order chi connectivity index (χ0) is 17.1. The monoisotopic (exact) mass is 330 g/mol. The normalized spacial score (nSPS) is 11.9. The zero-order valence-electron chi connectivity index (χ0n) is 15.8. The number of hydrogen-bond donors (Lipinski definition) is 0. The van der Waals surface area contributed by atoms with Crippen LogP contribution in [-0.2, 0) is 0 Å². The number of allylic oxidation sites excluding steroid dienone is 3. The molecule has 1 aromatic rings. The van der Waals surface area contributed by atoms with Gasteiger partial charge in [0.25, 0.3) is 0 Å². The molecule has 0 spiro atoms. The van der Waals surface area contributed by atoms with Crippen LogP contribution in [0.3, 0.4) is 0 Å². The van der Waals surface area contributed by atoms with Gasteiger partial charge in [-0.2, -0.15) is 0 Å². The Kier molecular flexibility index (Phi) is 14.4. The summed E-state index contributed by atoms with van der Waals surface area (Å²) >= 11 is 0. The summed E-state index contributed by atoms with van der Waals surface area (Å²) in [7, 11) is 0. The largest absolute Gasteiger partial charge is 0.465 e. The van der Waals surface area contributed by atoms with Gasteiger partial charge in [0.05, 0.1) is 6.26 Å². The molecule has 0 aliphatic rings. The van der Waals surface area contributed by atoms with E-state index in [1.165, 1.54) is 89.9 Å². The summed E-state index contributed by atoms with van der Waals surface area (Å²) in [4.78, 5) is 0. The van der Waals surface area contributed by atoms with Crippen LogP contribution >= 0.6 is 0 Å². The first-order valence-electron chi connectivity index (χ1n) is 10.3. The van der Waals surface area contributed by atoms with E-state index in [9.17, 15) is 0 Å². The molecule has 0 saturated heterocycles. The van der Waals surface area contributed by atoms with Gasteiger partial charge in [-0.25, -0.2) is 0 Å². The molecule has 0 saturated carbocycles. The topological polar surface area (TPSA) is 13.1 Å². The minimum absolute atomic E-state index is 0.961. The Morgan fingerprint density at radius 3 is 1.79 bits per heavy atom. The lowest BCUT2D eigenvalue weighted by molar-refractivity contribution is 0.556. The number of unbranched alkanes of at least 4 members (excludes halogenated alkanes) is 12. The zero-order valence-corrected chi connectivity index (χ0v) is 15.8. The van der Waals surface area contributed by atoms with Gasteiger partial charge < -0.3 is 4.42 Å². The first kappa shape index (κ1) is 20.8. The minimum Gasteiger partial charge on any atom is -0.465 e. The van der Waals surface area contributed by atoms with Gasteiger partial charge in [0.15, 0.2) is 0 Å². The molecule has 0 amide bonds. The van der Waals surface area contributed by atoms with Crippen LogP contribution in [0.15, 0.2) is 41.0 Å². The molecule has 0 aliphatic heterocycles. The molecule has 1 nitrogen and oxygen atoms in total. The van der Waals surface area contributed by atoms with Crippen molar-refractivity contribution in [1.82, 2.24) is 0 Å². The predicted octanol–water partition coefficient (Wildman–Crippen LogP) is 8.33. The molecule has 0 bridgehead atoms. The van der Waals surface area contributed by atoms with Crippen LogP contribution in [0.4, 0.5) is 0 Å². The van der Waals surface area contributed by atoms with E-state index in [-0.39, 0.29) is 0 Å². The average molecular weight is 331 g/mol. The summed E-state index contributed by atoms with van der Waals surface area (Å²) in [5, 5.41) is 0. The molecule has 1 aromatic heterocycles. The van der Waals surface area contributed by atoms with Gasteiger partial charge in [-0.1, -0.05) is 76.5 Å². The molecule has 1 heteroatoms. The van der Waals surface area contributed by atoms with Crippen molar-refractivity contribution >= 4 is 6.08 Å². The van der Waals surface area contributed by atoms with E-state index < -0.39 is 0 Å². The Morgan fingerprint density at radius 1 is 0.708 bits per heavy atom. The van der Waals surface area contributed by atoms with Crippen LogP contribution in [0.25, 0.3) is 6.08 Å². The van der Waals surface area contributed by atoms with Crippen LogP contribution in [0.1, 0.15) is 103 Å². The van der Waals surface area contributed by atoms with E-state index in [0.717, 1.165) is 5.76 Å². The third-order valence-corrected chi connectivity index (χ3v) is 4.46. The Hall–Kier alpha value is -1.24. The molecule has 0 unspecified atom stereocenters. The first-order valence-corrected chi connectivity index (χ1v) is 10.3. The molecule has 0 radical (unpaired) electrons. The Balaban J connectivity index is 1.76. The van der Waals surface area contributed by atoms with Crippen molar-refractivity contribution in [1.29, 1.82) is 0 Å². The number of hydrogen-bond acceptors (Lipinski definition) is 1. The third-order valence-electron chi connectivity index (χ3n) is 4.46. The van der Waals surface area contributed by atoms with Crippen LogP contribution in [0.5, 0.6) is 0 Å². The smallest absolute Gasteiger partial charge is 0.126 e. The molecular formula is C23H38O. The third kappa shape index (κ3) is 13.2. The van der Waals surface area contributed by atoms with Gasteiger partial charge in [0.2, 0.25) is 0 Å². The maximum atomic E-state index is 5.27. The Bertz CT molecular complexity index is 400. The highest BCUT2D eigenvalue weighted by Crippen LogP contribution is 2.11. The second-order valence-electron chi connectivity index (χ2n) is 6.79. The van der Waals surface area contributed by atoms with E-state index in [1.807, 2.05) is 12.1 Å². The molecular weight excluding hydrogens is 292 g/mol. The average Bonchev–Trinajstić information content (AvgIpc) is 3.11. The van der Waals surface area contributed by atoms with Crippen molar-refractivity contribution < 1.29 is 4.42 Å². The highest BCUT2D eigenvalue weighted by molar-refractivity contribution is 5.41. The fourth-order valence-electron chi connectivity index (χ4n) is 2.92. The second kappa shape index (κ2) is 16.6. The van der Waals surface area contributed by atoms with Gasteiger partial charge in [0, 0.05) is 0 Å². The van der Waals surface area contributed by atoms with Crippen molar-refractivity contribution in [3.8, 4) is 0 Å². The maximum Gasteiger partial charge on any atom is 0.126 e. The van der Waals surface area contributed by atoms with Gasteiger partial charge in [-0.15, -0.1) is 0 Å². The molecule has 1 heterocycles. The van der Waals surface area contributed by atoms with E-state index in [4.69, 9.17) is 4.42 Å². The SMILES string of the molecule is CCCCCCCCC=CCCCCCCCC=Cc1ccco1. The van der Waals surface area contributed by atoms with E-state index in [1.54, 1.807) is 6.26 Å². The molecule has 1 rings (SSSR count). The lowest BCUT2D eigenvalue weighted by atomic mass is 10.1. The summed E-state index contributed by atoms with van der Waals surface area (Å²) in [5.41, 5.74) is 0. The molecule has 0 aromatic carbocycles. The van der Waals surface area contributed by atoms with E-state index >= 15 is 0 Å². The van der Waals surface area contributed by atoms with Crippen molar-refractivity contribution in [2.24, 2.45) is 0 Å². The quantitative estimate of drug-likeness (QED) is 0.219.